The van der Waals surface area contributed by atoms with Crippen LogP contribution >= 0.6 is 0 Å². The van der Waals surface area contributed by atoms with E-state index in [0.717, 1.165) is 36.4 Å². The lowest BCUT2D eigenvalue weighted by Gasteiger charge is -2.32. The molecule has 4 rings (SSSR count). The Bertz CT molecular complexity index is 1390. The maximum Gasteiger partial charge on any atom is 0.338 e. The molecular formula is C27H32N2O7S. The number of ketones is 1. The van der Waals surface area contributed by atoms with Gasteiger partial charge in [0.05, 0.1) is 25.5 Å². The van der Waals surface area contributed by atoms with Crippen molar-refractivity contribution < 1.29 is 31.9 Å². The van der Waals surface area contributed by atoms with Gasteiger partial charge in [-0.1, -0.05) is 6.42 Å². The van der Waals surface area contributed by atoms with Gasteiger partial charge in [-0.25, -0.2) is 13.2 Å². The van der Waals surface area contributed by atoms with E-state index in [1.807, 2.05) is 31.4 Å². The van der Waals surface area contributed by atoms with E-state index in [1.165, 1.54) is 29.6 Å². The number of methoxy groups -OCH3 is 1. The highest BCUT2D eigenvalue weighted by Gasteiger charge is 2.34. The van der Waals surface area contributed by atoms with Gasteiger partial charge in [-0.3, -0.25) is 4.79 Å². The zero-order valence-corrected chi connectivity index (χ0v) is 22.3. The summed E-state index contributed by atoms with van der Waals surface area (Å²) in [7, 11) is -2.51. The molecule has 0 radical (unpaired) electrons. The van der Waals surface area contributed by atoms with Gasteiger partial charge >= 0.3 is 5.97 Å². The number of ether oxygens (including phenoxy) is 2. The summed E-state index contributed by atoms with van der Waals surface area (Å²) < 4.78 is 46.2. The fourth-order valence-corrected chi connectivity index (χ4v) is 6.62. The van der Waals surface area contributed by atoms with Crippen LogP contribution in [0.2, 0.25) is 0 Å². The number of hydrogen-bond acceptors (Lipinski definition) is 7. The number of aromatic nitrogens is 1. The Kier molecular flexibility index (Phi) is 7.89. The average molecular weight is 529 g/mol. The number of carbonyl (C=O) groups excluding carboxylic acids is 2. The molecule has 0 saturated carbocycles. The van der Waals surface area contributed by atoms with Gasteiger partial charge in [-0.2, -0.15) is 4.31 Å². The first-order chi connectivity index (χ1) is 17.6. The van der Waals surface area contributed by atoms with E-state index < -0.39 is 22.6 Å². The maximum absolute atomic E-state index is 13.4. The lowest BCUT2D eigenvalue weighted by molar-refractivity contribution is 0.0474. The van der Waals surface area contributed by atoms with Crippen LogP contribution in [0.3, 0.4) is 0 Å². The normalized spacial score (nSPS) is 16.5. The summed E-state index contributed by atoms with van der Waals surface area (Å²) in [5.74, 6) is -0.231. The van der Waals surface area contributed by atoms with E-state index in [-0.39, 0.29) is 28.0 Å². The van der Waals surface area contributed by atoms with Crippen molar-refractivity contribution in [2.75, 3.05) is 20.3 Å². The fraction of sp³-hybridized carbons (Fsp3) is 0.407. The van der Waals surface area contributed by atoms with Crippen molar-refractivity contribution in [2.24, 2.45) is 0 Å². The molecule has 10 heteroatoms. The maximum atomic E-state index is 13.4. The lowest BCUT2D eigenvalue weighted by atomic mass is 10.1. The predicted octanol–water partition coefficient (Wildman–Crippen LogP) is 4.36. The summed E-state index contributed by atoms with van der Waals surface area (Å²) in [4.78, 5) is 25.6. The quantitative estimate of drug-likeness (QED) is 0.300. The third kappa shape index (κ3) is 5.50. The van der Waals surface area contributed by atoms with Crippen LogP contribution in [0.4, 0.5) is 0 Å². The van der Waals surface area contributed by atoms with Crippen molar-refractivity contribution in [3.63, 3.8) is 0 Å². The molecule has 0 N–H and O–H groups in total. The summed E-state index contributed by atoms with van der Waals surface area (Å²) in [6.07, 6.45) is 4.11. The van der Waals surface area contributed by atoms with Crippen molar-refractivity contribution in [3.05, 3.63) is 70.9 Å². The predicted molar refractivity (Wildman–Crippen MR) is 137 cm³/mol. The monoisotopic (exact) mass is 528 g/mol. The first-order valence-corrected chi connectivity index (χ1v) is 13.7. The first kappa shape index (κ1) is 26.7. The van der Waals surface area contributed by atoms with Crippen molar-refractivity contribution in [1.82, 2.24) is 8.87 Å². The van der Waals surface area contributed by atoms with Gasteiger partial charge in [0.2, 0.25) is 15.8 Å². The van der Waals surface area contributed by atoms with Crippen LogP contribution < -0.4 is 4.74 Å². The van der Waals surface area contributed by atoms with Gasteiger partial charge in [0.15, 0.2) is 6.61 Å². The minimum atomic E-state index is -3.89. The van der Waals surface area contributed by atoms with Crippen LogP contribution in [0, 0.1) is 13.8 Å². The van der Waals surface area contributed by atoms with Gasteiger partial charge in [0.25, 0.3) is 0 Å². The van der Waals surface area contributed by atoms with Crippen LogP contribution in [-0.2, 0) is 21.3 Å². The molecule has 0 aliphatic carbocycles. The fourth-order valence-electron chi connectivity index (χ4n) is 4.74. The minimum absolute atomic E-state index is 0.0279. The Morgan fingerprint density at radius 2 is 1.92 bits per heavy atom. The number of hydrogen-bond donors (Lipinski definition) is 0. The van der Waals surface area contributed by atoms with Crippen LogP contribution in [0.1, 0.15) is 64.1 Å². The second kappa shape index (κ2) is 10.9. The Morgan fingerprint density at radius 3 is 2.59 bits per heavy atom. The Hall–Kier alpha value is -3.37. The molecule has 1 fully saturated rings. The molecule has 1 aliphatic rings. The van der Waals surface area contributed by atoms with Crippen LogP contribution in [-0.4, -0.2) is 55.3 Å². The number of aryl methyl sites for hydroxylation is 1. The Labute approximate surface area is 217 Å². The molecule has 3 aromatic rings. The summed E-state index contributed by atoms with van der Waals surface area (Å²) >= 11 is 0. The molecule has 1 atom stereocenters. The zero-order valence-electron chi connectivity index (χ0n) is 21.5. The summed E-state index contributed by atoms with van der Waals surface area (Å²) in [6.45, 7) is 6.01. The number of sulfonamides is 1. The Morgan fingerprint density at radius 1 is 1.14 bits per heavy atom. The van der Waals surface area contributed by atoms with E-state index in [1.54, 1.807) is 18.4 Å². The molecule has 1 saturated heterocycles. The standard InChI is InChI=1S/C27H32N2O7S/c1-18-8-5-6-12-29(18)37(32,33)26-15-21(10-11-25(26)34-4)27(31)36-17-24(30)23-14-19(2)28(20(23)3)16-22-9-7-13-35-22/h7,9-11,13-15,18H,5-6,8,12,16-17H2,1-4H3. The van der Waals surface area contributed by atoms with Gasteiger partial charge in [-0.15, -0.1) is 0 Å². The number of benzene rings is 1. The number of rotatable bonds is 9. The van der Waals surface area contributed by atoms with Gasteiger partial charge in [0.1, 0.15) is 16.4 Å². The number of nitrogens with zero attached hydrogens (tertiary/aromatic N) is 2. The number of carbonyl (C=O) groups is 2. The second-order valence-corrected chi connectivity index (χ2v) is 11.1. The molecule has 9 nitrogen and oxygen atoms in total. The van der Waals surface area contributed by atoms with Crippen molar-refractivity contribution in [3.8, 4) is 5.75 Å². The molecule has 1 aliphatic heterocycles. The number of piperidine rings is 1. The van der Waals surface area contributed by atoms with Gasteiger partial charge in [-0.05, 0) is 70.0 Å². The molecule has 37 heavy (non-hydrogen) atoms. The largest absolute Gasteiger partial charge is 0.495 e. The smallest absolute Gasteiger partial charge is 0.338 e. The molecule has 0 amide bonds. The van der Waals surface area contributed by atoms with Gasteiger partial charge in [0, 0.05) is 29.5 Å². The molecule has 1 aromatic carbocycles. The van der Waals surface area contributed by atoms with Crippen LogP contribution in [0.25, 0.3) is 0 Å². The number of esters is 1. The summed E-state index contributed by atoms with van der Waals surface area (Å²) in [5.41, 5.74) is 2.10. The van der Waals surface area contributed by atoms with E-state index in [9.17, 15) is 18.0 Å². The molecule has 2 aromatic heterocycles. The third-order valence-electron chi connectivity index (χ3n) is 6.83. The van der Waals surface area contributed by atoms with Crippen LogP contribution in [0.5, 0.6) is 5.75 Å². The van der Waals surface area contributed by atoms with Crippen molar-refractivity contribution >= 4 is 21.8 Å². The number of furan rings is 1. The first-order valence-electron chi connectivity index (χ1n) is 12.2. The molecular weight excluding hydrogens is 496 g/mol. The van der Waals surface area contributed by atoms with Gasteiger partial charge < -0.3 is 18.5 Å². The zero-order chi connectivity index (χ0) is 26.7. The molecule has 3 heterocycles. The van der Waals surface area contributed by atoms with E-state index in [0.29, 0.717) is 18.7 Å². The number of Topliss-reactive ketones (excluding diaryl/α,β-unsaturated/α-hetero) is 1. The average Bonchev–Trinajstić information content (AvgIpc) is 3.50. The van der Waals surface area contributed by atoms with Crippen molar-refractivity contribution in [1.29, 1.82) is 0 Å². The second-order valence-electron chi connectivity index (χ2n) is 9.28. The summed E-state index contributed by atoms with van der Waals surface area (Å²) in [6, 6.07) is 9.39. The van der Waals surface area contributed by atoms with E-state index >= 15 is 0 Å². The van der Waals surface area contributed by atoms with E-state index in [4.69, 9.17) is 13.9 Å². The third-order valence-corrected chi connectivity index (χ3v) is 8.87. The molecule has 1 unspecified atom stereocenters. The molecule has 198 valence electrons. The highest BCUT2D eigenvalue weighted by Crippen LogP contribution is 2.32. The Balaban J connectivity index is 1.50. The lowest BCUT2D eigenvalue weighted by Crippen LogP contribution is -2.42. The van der Waals surface area contributed by atoms with Crippen LogP contribution in [0.15, 0.2) is 52.0 Å². The van der Waals surface area contributed by atoms with E-state index in [2.05, 4.69) is 0 Å². The molecule has 0 spiro atoms. The highest BCUT2D eigenvalue weighted by atomic mass is 32.2. The molecule has 0 bridgehead atoms. The highest BCUT2D eigenvalue weighted by molar-refractivity contribution is 7.89. The minimum Gasteiger partial charge on any atom is -0.495 e. The van der Waals surface area contributed by atoms with Crippen molar-refractivity contribution in [2.45, 2.75) is 57.5 Å². The SMILES string of the molecule is COc1ccc(C(=O)OCC(=O)c2cc(C)n(Cc3ccco3)c2C)cc1S(=O)(=O)N1CCCCC1C. The summed E-state index contributed by atoms with van der Waals surface area (Å²) in [5, 5.41) is 0. The topological polar surface area (TPSA) is 108 Å².